The molecule has 0 radical (unpaired) electrons. The number of hydrogen-bond donors (Lipinski definition) is 3. The molecule has 0 aromatic heterocycles. The maximum absolute atomic E-state index is 14.0. The predicted octanol–water partition coefficient (Wildman–Crippen LogP) is 2.97. The van der Waals surface area contributed by atoms with Gasteiger partial charge in [0.2, 0.25) is 0 Å². The number of halogens is 2. The number of benzene rings is 1. The number of phenolic OH excluding ortho intramolecular Hbond substituents is 2. The molecule has 3 N–H and O–H groups in total. The second-order valence-electron chi connectivity index (χ2n) is 4.50. The van der Waals surface area contributed by atoms with Crippen molar-refractivity contribution in [3.63, 3.8) is 0 Å². The van der Waals surface area contributed by atoms with Crippen LogP contribution in [0.15, 0.2) is 10.5 Å². The Bertz CT molecular complexity index is 473. The van der Waals surface area contributed by atoms with Crippen molar-refractivity contribution < 1.29 is 24.5 Å². The lowest BCUT2D eigenvalue weighted by Gasteiger charge is -2.18. The minimum atomic E-state index is -1.05. The summed E-state index contributed by atoms with van der Waals surface area (Å²) in [6, 6.07) is 1.05. The summed E-state index contributed by atoms with van der Waals surface area (Å²) >= 11 is 2.94. The largest absolute Gasteiger partial charge is 0.504 e. The van der Waals surface area contributed by atoms with Gasteiger partial charge in [-0.2, -0.15) is 0 Å². The molecule has 1 atom stereocenters. The molecule has 6 heteroatoms. The van der Waals surface area contributed by atoms with Gasteiger partial charge in [0, 0.05) is 17.5 Å². The highest BCUT2D eigenvalue weighted by molar-refractivity contribution is 9.10. The van der Waals surface area contributed by atoms with E-state index in [4.69, 9.17) is 5.11 Å². The number of carboxylic acids is 1. The summed E-state index contributed by atoms with van der Waals surface area (Å²) in [6.45, 7) is 0. The fourth-order valence-corrected chi connectivity index (χ4v) is 2.58. The number of hydrogen-bond acceptors (Lipinski definition) is 3. The smallest absolute Gasteiger partial charge is 0.303 e. The monoisotopic (exact) mass is 318 g/mol. The van der Waals surface area contributed by atoms with Crippen LogP contribution in [-0.2, 0) is 4.79 Å². The molecule has 1 aromatic rings. The van der Waals surface area contributed by atoms with Gasteiger partial charge in [-0.05, 0) is 34.7 Å². The molecule has 0 bridgehead atoms. The Hall–Kier alpha value is -1.30. The normalized spacial score (nSPS) is 16.6. The van der Waals surface area contributed by atoms with Crippen LogP contribution >= 0.6 is 15.9 Å². The molecule has 1 aromatic carbocycles. The summed E-state index contributed by atoms with van der Waals surface area (Å²) in [5.74, 6) is -3.32. The molecule has 18 heavy (non-hydrogen) atoms. The lowest BCUT2D eigenvalue weighted by molar-refractivity contribution is -0.137. The molecule has 0 amide bonds. The summed E-state index contributed by atoms with van der Waals surface area (Å²) in [5, 5.41) is 28.1. The van der Waals surface area contributed by atoms with Crippen molar-refractivity contribution in [3.8, 4) is 11.5 Å². The molecular formula is C12H12BrFO4. The van der Waals surface area contributed by atoms with Crippen LogP contribution in [0.3, 0.4) is 0 Å². The van der Waals surface area contributed by atoms with Crippen molar-refractivity contribution in [2.24, 2.45) is 5.92 Å². The minimum Gasteiger partial charge on any atom is -0.504 e. The van der Waals surface area contributed by atoms with Crippen LogP contribution in [0.25, 0.3) is 0 Å². The average Bonchev–Trinajstić information content (AvgIpc) is 3.08. The molecule has 1 aliphatic carbocycles. The molecule has 98 valence electrons. The number of aliphatic carboxylic acids is 1. The standard InChI is InChI=1S/C12H12BrFO4/c13-7-4-8(15)12(18)10(11(7)14)6(3-9(16)17)5-1-2-5/h4-6,15,18H,1-3H2,(H,16,17). The van der Waals surface area contributed by atoms with E-state index in [-0.39, 0.29) is 22.4 Å². The van der Waals surface area contributed by atoms with Gasteiger partial charge < -0.3 is 15.3 Å². The van der Waals surface area contributed by atoms with E-state index in [9.17, 15) is 19.4 Å². The van der Waals surface area contributed by atoms with Gasteiger partial charge in [-0.15, -0.1) is 0 Å². The molecule has 2 rings (SSSR count). The Balaban J connectivity index is 2.49. The third-order valence-corrected chi connectivity index (χ3v) is 3.74. The van der Waals surface area contributed by atoms with Crippen LogP contribution < -0.4 is 0 Å². The van der Waals surface area contributed by atoms with Gasteiger partial charge in [0.1, 0.15) is 5.82 Å². The van der Waals surface area contributed by atoms with Crippen LogP contribution in [0.1, 0.15) is 30.7 Å². The molecule has 1 unspecified atom stereocenters. The van der Waals surface area contributed by atoms with E-state index in [2.05, 4.69) is 15.9 Å². The van der Waals surface area contributed by atoms with Crippen LogP contribution in [0.2, 0.25) is 0 Å². The van der Waals surface area contributed by atoms with Gasteiger partial charge in [-0.1, -0.05) is 0 Å². The van der Waals surface area contributed by atoms with Gasteiger partial charge in [-0.3, -0.25) is 4.79 Å². The van der Waals surface area contributed by atoms with E-state index in [0.29, 0.717) is 0 Å². The first-order valence-corrected chi connectivity index (χ1v) is 6.32. The molecule has 0 spiro atoms. The first-order valence-electron chi connectivity index (χ1n) is 5.53. The topological polar surface area (TPSA) is 77.8 Å². The second-order valence-corrected chi connectivity index (χ2v) is 5.35. The highest BCUT2D eigenvalue weighted by Gasteiger charge is 2.38. The zero-order chi connectivity index (χ0) is 13.4. The Morgan fingerprint density at radius 2 is 2.11 bits per heavy atom. The van der Waals surface area contributed by atoms with Crippen LogP contribution in [-0.4, -0.2) is 21.3 Å². The first kappa shape index (κ1) is 13.1. The zero-order valence-corrected chi connectivity index (χ0v) is 10.9. The Kier molecular flexibility index (Phi) is 3.47. The molecule has 1 saturated carbocycles. The van der Waals surface area contributed by atoms with E-state index in [0.717, 1.165) is 18.9 Å². The van der Waals surface area contributed by atoms with Crippen LogP contribution in [0.5, 0.6) is 11.5 Å². The quantitative estimate of drug-likeness (QED) is 0.746. The van der Waals surface area contributed by atoms with Gasteiger partial charge in [0.15, 0.2) is 11.5 Å². The zero-order valence-electron chi connectivity index (χ0n) is 9.36. The fourth-order valence-electron chi connectivity index (χ4n) is 2.15. The number of carboxylic acid groups (broad SMARTS) is 1. The average molecular weight is 319 g/mol. The van der Waals surface area contributed by atoms with E-state index in [1.165, 1.54) is 0 Å². The summed E-state index contributed by atoms with van der Waals surface area (Å²) < 4.78 is 14.0. The van der Waals surface area contributed by atoms with Gasteiger partial charge in [0.25, 0.3) is 0 Å². The van der Waals surface area contributed by atoms with Crippen molar-refractivity contribution in [1.82, 2.24) is 0 Å². The maximum atomic E-state index is 14.0. The summed E-state index contributed by atoms with van der Waals surface area (Å²) in [4.78, 5) is 10.8. The summed E-state index contributed by atoms with van der Waals surface area (Å²) in [5.41, 5.74) is -0.105. The van der Waals surface area contributed by atoms with E-state index < -0.39 is 29.2 Å². The predicted molar refractivity (Wildman–Crippen MR) is 65.1 cm³/mol. The van der Waals surface area contributed by atoms with Crippen LogP contribution in [0.4, 0.5) is 4.39 Å². The molecule has 0 aliphatic heterocycles. The lowest BCUT2D eigenvalue weighted by atomic mass is 9.89. The number of carbonyl (C=O) groups is 1. The number of rotatable bonds is 4. The fraction of sp³-hybridized carbons (Fsp3) is 0.417. The molecule has 0 saturated heterocycles. The minimum absolute atomic E-state index is 0.0174. The van der Waals surface area contributed by atoms with Gasteiger partial charge >= 0.3 is 5.97 Å². The molecule has 1 fully saturated rings. The van der Waals surface area contributed by atoms with Gasteiger partial charge in [0.05, 0.1) is 10.9 Å². The molecule has 4 nitrogen and oxygen atoms in total. The van der Waals surface area contributed by atoms with Crippen molar-refractivity contribution in [1.29, 1.82) is 0 Å². The third kappa shape index (κ3) is 2.43. The van der Waals surface area contributed by atoms with E-state index in [1.54, 1.807) is 0 Å². The van der Waals surface area contributed by atoms with Crippen molar-refractivity contribution in [2.75, 3.05) is 0 Å². The highest BCUT2D eigenvalue weighted by atomic mass is 79.9. The van der Waals surface area contributed by atoms with Crippen molar-refractivity contribution in [2.45, 2.75) is 25.2 Å². The summed E-state index contributed by atoms with van der Waals surface area (Å²) in [6.07, 6.45) is 1.36. The SMILES string of the molecule is O=C(O)CC(c1c(O)c(O)cc(Br)c1F)C1CC1. The number of aromatic hydroxyl groups is 2. The van der Waals surface area contributed by atoms with Crippen molar-refractivity contribution in [3.05, 3.63) is 21.9 Å². The lowest BCUT2D eigenvalue weighted by Crippen LogP contribution is -2.11. The Morgan fingerprint density at radius 3 is 2.61 bits per heavy atom. The summed E-state index contributed by atoms with van der Waals surface area (Å²) in [7, 11) is 0. The van der Waals surface area contributed by atoms with Gasteiger partial charge in [-0.25, -0.2) is 4.39 Å². The van der Waals surface area contributed by atoms with E-state index >= 15 is 0 Å². The van der Waals surface area contributed by atoms with E-state index in [1.807, 2.05) is 0 Å². The Morgan fingerprint density at radius 1 is 1.50 bits per heavy atom. The van der Waals surface area contributed by atoms with Crippen LogP contribution in [0, 0.1) is 11.7 Å². The molecule has 1 aliphatic rings. The second kappa shape index (κ2) is 4.76. The Labute approximate surface area is 111 Å². The first-order chi connectivity index (χ1) is 8.41. The highest BCUT2D eigenvalue weighted by Crippen LogP contribution is 2.50. The van der Waals surface area contributed by atoms with Crippen molar-refractivity contribution >= 4 is 21.9 Å². The molecular weight excluding hydrogens is 307 g/mol. The maximum Gasteiger partial charge on any atom is 0.303 e. The molecule has 0 heterocycles. The third-order valence-electron chi connectivity index (χ3n) is 3.16. The number of phenols is 2.